The summed E-state index contributed by atoms with van der Waals surface area (Å²) in [5, 5.41) is 11.8. The summed E-state index contributed by atoms with van der Waals surface area (Å²) in [6, 6.07) is 13.5. The molecule has 0 spiro atoms. The Morgan fingerprint density at radius 3 is 2.77 bits per heavy atom. The summed E-state index contributed by atoms with van der Waals surface area (Å²) >= 11 is 1.44. The van der Waals surface area contributed by atoms with E-state index in [2.05, 4.69) is 0 Å². The summed E-state index contributed by atoms with van der Waals surface area (Å²) in [4.78, 5) is 19.5. The smallest absolute Gasteiger partial charge is 0.266 e. The summed E-state index contributed by atoms with van der Waals surface area (Å²) in [5.74, 6) is 0.486. The maximum atomic E-state index is 13.4. The molecule has 1 saturated heterocycles. The van der Waals surface area contributed by atoms with Crippen LogP contribution in [0.5, 0.6) is 0 Å². The Kier molecular flexibility index (Phi) is 6.53. The molecule has 0 unspecified atom stereocenters. The molecule has 2 N–H and O–H groups in total. The van der Waals surface area contributed by atoms with Crippen LogP contribution in [0.15, 0.2) is 52.4 Å². The average Bonchev–Trinajstić information content (AvgIpc) is 2.75. The van der Waals surface area contributed by atoms with E-state index >= 15 is 0 Å². The second-order valence-electron chi connectivity index (χ2n) is 7.87. The van der Waals surface area contributed by atoms with Crippen LogP contribution in [0.25, 0.3) is 16.6 Å². The fourth-order valence-electron chi connectivity index (χ4n) is 3.81. The molecule has 1 atom stereocenters. The number of aryl methyl sites for hydroxylation is 2. The van der Waals surface area contributed by atoms with E-state index in [-0.39, 0.29) is 5.56 Å². The highest BCUT2D eigenvalue weighted by molar-refractivity contribution is 7.99. The van der Waals surface area contributed by atoms with Gasteiger partial charge in [-0.2, -0.15) is 0 Å². The molecule has 2 aromatic carbocycles. The summed E-state index contributed by atoms with van der Waals surface area (Å²) in [5.41, 5.74) is 3.54. The van der Waals surface area contributed by atoms with Gasteiger partial charge in [-0.1, -0.05) is 36.0 Å². The number of morpholine rings is 1. The molecule has 158 valence electrons. The number of thioether (sulfide) groups is 1. The predicted octanol–water partition coefficient (Wildman–Crippen LogP) is 1.37. The Morgan fingerprint density at radius 1 is 1.20 bits per heavy atom. The first kappa shape index (κ1) is 21.1. The van der Waals surface area contributed by atoms with Crippen molar-refractivity contribution in [1.82, 2.24) is 9.55 Å². The first-order valence-corrected chi connectivity index (χ1v) is 11.3. The molecule has 7 heteroatoms. The number of ether oxygens (including phenoxy) is 1. The van der Waals surface area contributed by atoms with Gasteiger partial charge in [0.05, 0.1) is 29.8 Å². The highest BCUT2D eigenvalue weighted by Crippen LogP contribution is 2.24. The van der Waals surface area contributed by atoms with Crippen LogP contribution in [0.1, 0.15) is 11.1 Å². The molecule has 3 aromatic rings. The van der Waals surface area contributed by atoms with E-state index < -0.39 is 6.10 Å². The van der Waals surface area contributed by atoms with Crippen molar-refractivity contribution < 1.29 is 14.7 Å². The molecule has 0 amide bonds. The van der Waals surface area contributed by atoms with Crippen LogP contribution in [0.2, 0.25) is 0 Å². The molecule has 1 fully saturated rings. The van der Waals surface area contributed by atoms with E-state index in [0.717, 1.165) is 43.1 Å². The largest absolute Gasteiger partial charge is 0.386 e. The molecule has 0 bridgehead atoms. The van der Waals surface area contributed by atoms with Gasteiger partial charge in [0.25, 0.3) is 5.56 Å². The Balaban J connectivity index is 1.67. The number of benzene rings is 2. The van der Waals surface area contributed by atoms with E-state index in [0.29, 0.717) is 28.4 Å². The van der Waals surface area contributed by atoms with E-state index in [4.69, 9.17) is 9.72 Å². The van der Waals surface area contributed by atoms with E-state index in [1.807, 2.05) is 56.3 Å². The molecule has 1 aliphatic heterocycles. The minimum absolute atomic E-state index is 0.0786. The maximum Gasteiger partial charge on any atom is 0.266 e. The number of aliphatic hydroxyl groups excluding tert-OH is 1. The number of hydrogen-bond donors (Lipinski definition) is 2. The molecule has 0 saturated carbocycles. The van der Waals surface area contributed by atoms with Gasteiger partial charge < -0.3 is 14.7 Å². The topological polar surface area (TPSA) is 68.8 Å². The highest BCUT2D eigenvalue weighted by atomic mass is 32.2. The number of fused-ring (bicyclic) bond motifs is 1. The molecule has 4 rings (SSSR count). The lowest BCUT2D eigenvalue weighted by Gasteiger charge is -2.25. The van der Waals surface area contributed by atoms with Gasteiger partial charge in [-0.15, -0.1) is 0 Å². The number of aromatic nitrogens is 2. The Hall–Kier alpha value is -2.19. The van der Waals surface area contributed by atoms with Gasteiger partial charge in [0.15, 0.2) is 5.16 Å². The van der Waals surface area contributed by atoms with Crippen LogP contribution in [-0.2, 0) is 4.74 Å². The van der Waals surface area contributed by atoms with Gasteiger partial charge in [-0.25, -0.2) is 4.98 Å². The standard InChI is InChI=1S/C23H27N3O3S/c1-16-7-8-17(2)21(13-16)26-22(28)19-5-3-4-6-20(19)24-23(26)30-15-18(27)14-25-9-11-29-12-10-25/h3-8,13,18,27H,9-12,14-15H2,1-2H3/p+1/t18-/m1/s1. The van der Waals surface area contributed by atoms with E-state index in [9.17, 15) is 9.90 Å². The number of hydrogen-bond acceptors (Lipinski definition) is 5. The predicted molar refractivity (Wildman–Crippen MR) is 120 cm³/mol. The van der Waals surface area contributed by atoms with Crippen LogP contribution in [-0.4, -0.2) is 59.4 Å². The number of para-hydroxylation sites is 1. The normalized spacial score (nSPS) is 16.1. The summed E-state index contributed by atoms with van der Waals surface area (Å²) in [6.45, 7) is 8.02. The minimum Gasteiger partial charge on any atom is -0.386 e. The Bertz CT molecular complexity index is 1090. The molecule has 6 nitrogen and oxygen atoms in total. The molecular weight excluding hydrogens is 398 g/mol. The van der Waals surface area contributed by atoms with Crippen molar-refractivity contribution in [3.05, 3.63) is 63.9 Å². The number of aliphatic hydroxyl groups is 1. The second kappa shape index (κ2) is 9.31. The Labute approximate surface area is 180 Å². The fraction of sp³-hybridized carbons (Fsp3) is 0.391. The third-order valence-electron chi connectivity index (χ3n) is 5.48. The van der Waals surface area contributed by atoms with E-state index in [1.165, 1.54) is 16.7 Å². The lowest BCUT2D eigenvalue weighted by Crippen LogP contribution is -3.15. The van der Waals surface area contributed by atoms with Crippen molar-refractivity contribution in [2.75, 3.05) is 38.6 Å². The van der Waals surface area contributed by atoms with Crippen LogP contribution < -0.4 is 10.5 Å². The number of quaternary nitrogens is 1. The fourth-order valence-corrected chi connectivity index (χ4v) is 4.74. The van der Waals surface area contributed by atoms with Gasteiger partial charge in [0, 0.05) is 5.75 Å². The average molecular weight is 427 g/mol. The van der Waals surface area contributed by atoms with Crippen molar-refractivity contribution in [3.63, 3.8) is 0 Å². The molecule has 0 aliphatic carbocycles. The Morgan fingerprint density at radius 2 is 1.97 bits per heavy atom. The van der Waals surface area contributed by atoms with E-state index in [1.54, 1.807) is 4.57 Å². The summed E-state index contributed by atoms with van der Waals surface area (Å²) < 4.78 is 7.09. The zero-order valence-corrected chi connectivity index (χ0v) is 18.2. The molecule has 30 heavy (non-hydrogen) atoms. The van der Waals surface area contributed by atoms with Crippen molar-refractivity contribution in [2.45, 2.75) is 25.1 Å². The molecule has 2 heterocycles. The second-order valence-corrected chi connectivity index (χ2v) is 8.86. The van der Waals surface area contributed by atoms with Crippen LogP contribution >= 0.6 is 11.8 Å². The monoisotopic (exact) mass is 426 g/mol. The van der Waals surface area contributed by atoms with Crippen molar-refractivity contribution in [3.8, 4) is 5.69 Å². The van der Waals surface area contributed by atoms with Crippen molar-refractivity contribution in [1.29, 1.82) is 0 Å². The summed E-state index contributed by atoms with van der Waals surface area (Å²) in [6.07, 6.45) is -0.474. The molecular formula is C23H28N3O3S+. The quantitative estimate of drug-likeness (QED) is 0.460. The van der Waals surface area contributed by atoms with Gasteiger partial charge in [0.1, 0.15) is 25.7 Å². The van der Waals surface area contributed by atoms with Gasteiger partial charge in [0.2, 0.25) is 0 Å². The highest BCUT2D eigenvalue weighted by Gasteiger charge is 2.20. The van der Waals surface area contributed by atoms with Gasteiger partial charge in [-0.3, -0.25) is 9.36 Å². The zero-order chi connectivity index (χ0) is 21.1. The molecule has 1 aromatic heterocycles. The maximum absolute atomic E-state index is 13.4. The lowest BCUT2D eigenvalue weighted by atomic mass is 10.1. The molecule has 0 radical (unpaired) electrons. The number of rotatable bonds is 6. The third-order valence-corrected chi connectivity index (χ3v) is 6.56. The minimum atomic E-state index is -0.474. The first-order chi connectivity index (χ1) is 14.5. The van der Waals surface area contributed by atoms with Crippen LogP contribution in [0, 0.1) is 13.8 Å². The van der Waals surface area contributed by atoms with Crippen LogP contribution in [0.4, 0.5) is 0 Å². The summed E-state index contributed by atoms with van der Waals surface area (Å²) in [7, 11) is 0. The third kappa shape index (κ3) is 4.59. The first-order valence-electron chi connectivity index (χ1n) is 10.3. The number of nitrogens with zero attached hydrogens (tertiary/aromatic N) is 2. The lowest BCUT2D eigenvalue weighted by molar-refractivity contribution is -0.910. The van der Waals surface area contributed by atoms with Crippen molar-refractivity contribution in [2.24, 2.45) is 0 Å². The van der Waals surface area contributed by atoms with Crippen LogP contribution in [0.3, 0.4) is 0 Å². The SMILES string of the molecule is Cc1ccc(C)c(-n2c(SC[C@H](O)C[NH+]3CCOCC3)nc3ccccc3c2=O)c1. The number of nitrogens with one attached hydrogen (secondary N) is 1. The zero-order valence-electron chi connectivity index (χ0n) is 17.4. The van der Waals surface area contributed by atoms with Gasteiger partial charge in [-0.05, 0) is 43.2 Å². The van der Waals surface area contributed by atoms with Gasteiger partial charge >= 0.3 is 0 Å². The molecule has 1 aliphatic rings. The van der Waals surface area contributed by atoms with Crippen molar-refractivity contribution >= 4 is 22.7 Å².